The van der Waals surface area contributed by atoms with E-state index < -0.39 is 0 Å². The second-order valence-corrected chi connectivity index (χ2v) is 4.88. The standard InChI is InChI=1S/C11H24N2O/c1-10(2)8-14-7-6-13-11(3)4-5-12-9-11/h10,12-13H,4-9H2,1-3H3. The Bertz CT molecular complexity index is 153. The Labute approximate surface area is 87.6 Å². The maximum Gasteiger partial charge on any atom is 0.0591 e. The van der Waals surface area contributed by atoms with Gasteiger partial charge < -0.3 is 15.4 Å². The Morgan fingerprint density at radius 2 is 2.29 bits per heavy atom. The predicted octanol–water partition coefficient (Wildman–Crippen LogP) is 1.00. The molecule has 3 heteroatoms. The molecule has 0 amide bonds. The normalized spacial score (nSPS) is 27.4. The Balaban J connectivity index is 1.98. The van der Waals surface area contributed by atoms with E-state index in [0.29, 0.717) is 11.5 Å². The molecule has 1 aliphatic rings. The molecule has 0 saturated carbocycles. The maximum absolute atomic E-state index is 5.52. The summed E-state index contributed by atoms with van der Waals surface area (Å²) in [5.41, 5.74) is 0.293. The van der Waals surface area contributed by atoms with Gasteiger partial charge in [0.15, 0.2) is 0 Å². The number of hydrogen-bond acceptors (Lipinski definition) is 3. The summed E-state index contributed by atoms with van der Waals surface area (Å²) in [7, 11) is 0. The molecule has 0 radical (unpaired) electrons. The molecule has 2 N–H and O–H groups in total. The lowest BCUT2D eigenvalue weighted by molar-refractivity contribution is 0.107. The summed E-state index contributed by atoms with van der Waals surface area (Å²) in [5, 5.41) is 6.91. The molecule has 1 saturated heterocycles. The Morgan fingerprint density at radius 3 is 2.86 bits per heavy atom. The molecule has 14 heavy (non-hydrogen) atoms. The summed E-state index contributed by atoms with van der Waals surface area (Å²) < 4.78 is 5.52. The van der Waals surface area contributed by atoms with Gasteiger partial charge in [0.25, 0.3) is 0 Å². The highest BCUT2D eigenvalue weighted by atomic mass is 16.5. The van der Waals surface area contributed by atoms with Crippen LogP contribution in [0.5, 0.6) is 0 Å². The van der Waals surface area contributed by atoms with E-state index >= 15 is 0 Å². The number of hydrogen-bond donors (Lipinski definition) is 2. The zero-order valence-corrected chi connectivity index (χ0v) is 9.73. The van der Waals surface area contributed by atoms with Crippen LogP contribution in [0.3, 0.4) is 0 Å². The monoisotopic (exact) mass is 200 g/mol. The molecule has 0 aromatic carbocycles. The predicted molar refractivity (Wildman–Crippen MR) is 59.6 cm³/mol. The summed E-state index contributed by atoms with van der Waals surface area (Å²) >= 11 is 0. The van der Waals surface area contributed by atoms with Crippen LogP contribution in [-0.2, 0) is 4.74 Å². The molecule has 0 spiro atoms. The minimum atomic E-state index is 0.293. The molecule has 0 aliphatic carbocycles. The molecule has 3 nitrogen and oxygen atoms in total. The van der Waals surface area contributed by atoms with Crippen molar-refractivity contribution in [2.45, 2.75) is 32.7 Å². The van der Waals surface area contributed by atoms with Crippen LogP contribution in [-0.4, -0.2) is 38.4 Å². The first-order chi connectivity index (χ1) is 6.62. The lowest BCUT2D eigenvalue weighted by Gasteiger charge is -2.24. The van der Waals surface area contributed by atoms with Crippen molar-refractivity contribution in [3.63, 3.8) is 0 Å². The van der Waals surface area contributed by atoms with Gasteiger partial charge in [-0.1, -0.05) is 13.8 Å². The van der Waals surface area contributed by atoms with Crippen LogP contribution >= 0.6 is 0 Å². The molecule has 1 heterocycles. The molecular formula is C11H24N2O. The lowest BCUT2D eigenvalue weighted by Crippen LogP contribution is -2.45. The van der Waals surface area contributed by atoms with Gasteiger partial charge in [-0.3, -0.25) is 0 Å². The van der Waals surface area contributed by atoms with Crippen molar-refractivity contribution in [2.75, 3.05) is 32.8 Å². The first-order valence-corrected chi connectivity index (χ1v) is 5.66. The van der Waals surface area contributed by atoms with Gasteiger partial charge in [-0.05, 0) is 25.8 Å². The first-order valence-electron chi connectivity index (χ1n) is 5.66. The molecule has 1 unspecified atom stereocenters. The third-order valence-electron chi connectivity index (χ3n) is 2.62. The fourth-order valence-corrected chi connectivity index (χ4v) is 1.71. The smallest absolute Gasteiger partial charge is 0.0591 e. The molecule has 1 aliphatic heterocycles. The van der Waals surface area contributed by atoms with Gasteiger partial charge in [0.1, 0.15) is 0 Å². The average Bonchev–Trinajstić information content (AvgIpc) is 2.51. The quantitative estimate of drug-likeness (QED) is 0.628. The number of rotatable bonds is 6. The van der Waals surface area contributed by atoms with Gasteiger partial charge in [-0.2, -0.15) is 0 Å². The van der Waals surface area contributed by atoms with E-state index in [4.69, 9.17) is 4.74 Å². The highest BCUT2D eigenvalue weighted by Gasteiger charge is 2.26. The Kier molecular flexibility index (Phi) is 4.85. The van der Waals surface area contributed by atoms with Crippen molar-refractivity contribution in [2.24, 2.45) is 5.92 Å². The molecule has 0 aromatic rings. The van der Waals surface area contributed by atoms with E-state index in [0.717, 1.165) is 32.8 Å². The second kappa shape index (κ2) is 5.69. The second-order valence-electron chi connectivity index (χ2n) is 4.88. The van der Waals surface area contributed by atoms with Crippen LogP contribution in [0.15, 0.2) is 0 Å². The van der Waals surface area contributed by atoms with Crippen molar-refractivity contribution < 1.29 is 4.74 Å². The number of nitrogens with one attached hydrogen (secondary N) is 2. The van der Waals surface area contributed by atoms with Gasteiger partial charge >= 0.3 is 0 Å². The molecule has 1 fully saturated rings. The van der Waals surface area contributed by atoms with Crippen molar-refractivity contribution in [3.05, 3.63) is 0 Å². The molecule has 1 atom stereocenters. The highest BCUT2D eigenvalue weighted by molar-refractivity contribution is 4.91. The van der Waals surface area contributed by atoms with Gasteiger partial charge in [0.2, 0.25) is 0 Å². The van der Waals surface area contributed by atoms with Crippen LogP contribution in [0.25, 0.3) is 0 Å². The summed E-state index contributed by atoms with van der Waals surface area (Å²) in [6.07, 6.45) is 1.22. The minimum Gasteiger partial charge on any atom is -0.380 e. The molecule has 84 valence electrons. The minimum absolute atomic E-state index is 0.293. The lowest BCUT2D eigenvalue weighted by atomic mass is 10.0. The summed E-state index contributed by atoms with van der Waals surface area (Å²) in [4.78, 5) is 0. The molecular weight excluding hydrogens is 176 g/mol. The zero-order chi connectivity index (χ0) is 10.4. The van der Waals surface area contributed by atoms with Crippen molar-refractivity contribution >= 4 is 0 Å². The van der Waals surface area contributed by atoms with Crippen LogP contribution in [0.1, 0.15) is 27.2 Å². The zero-order valence-electron chi connectivity index (χ0n) is 9.73. The Hall–Kier alpha value is -0.120. The largest absolute Gasteiger partial charge is 0.380 e. The van der Waals surface area contributed by atoms with Crippen molar-refractivity contribution in [1.82, 2.24) is 10.6 Å². The van der Waals surface area contributed by atoms with Crippen LogP contribution in [0, 0.1) is 5.92 Å². The highest BCUT2D eigenvalue weighted by Crippen LogP contribution is 2.12. The Morgan fingerprint density at radius 1 is 1.50 bits per heavy atom. The fraction of sp³-hybridized carbons (Fsp3) is 1.00. The van der Waals surface area contributed by atoms with E-state index in [9.17, 15) is 0 Å². The van der Waals surface area contributed by atoms with Crippen LogP contribution in [0.2, 0.25) is 0 Å². The van der Waals surface area contributed by atoms with Crippen molar-refractivity contribution in [3.8, 4) is 0 Å². The van der Waals surface area contributed by atoms with Crippen LogP contribution in [0.4, 0.5) is 0 Å². The van der Waals surface area contributed by atoms with Gasteiger partial charge in [-0.25, -0.2) is 0 Å². The average molecular weight is 200 g/mol. The van der Waals surface area contributed by atoms with Crippen molar-refractivity contribution in [1.29, 1.82) is 0 Å². The van der Waals surface area contributed by atoms with E-state index in [-0.39, 0.29) is 0 Å². The van der Waals surface area contributed by atoms with E-state index in [2.05, 4.69) is 31.4 Å². The third-order valence-corrected chi connectivity index (χ3v) is 2.62. The van der Waals surface area contributed by atoms with Gasteiger partial charge in [0, 0.05) is 25.2 Å². The third kappa shape index (κ3) is 4.40. The van der Waals surface area contributed by atoms with E-state index in [1.807, 2.05) is 0 Å². The molecule has 0 aromatic heterocycles. The SMILES string of the molecule is CC(C)COCCNC1(C)CCNC1. The summed E-state index contributed by atoms with van der Waals surface area (Å²) in [5.74, 6) is 0.638. The molecule has 0 bridgehead atoms. The van der Waals surface area contributed by atoms with Gasteiger partial charge in [0.05, 0.1) is 6.61 Å². The first kappa shape index (κ1) is 12.0. The van der Waals surface area contributed by atoms with E-state index in [1.54, 1.807) is 0 Å². The molecule has 1 rings (SSSR count). The summed E-state index contributed by atoms with van der Waals surface area (Å²) in [6, 6.07) is 0. The van der Waals surface area contributed by atoms with Crippen LogP contribution < -0.4 is 10.6 Å². The maximum atomic E-state index is 5.52. The summed E-state index contributed by atoms with van der Waals surface area (Å²) in [6.45, 7) is 11.5. The number of ether oxygens (including phenoxy) is 1. The topological polar surface area (TPSA) is 33.3 Å². The fourth-order valence-electron chi connectivity index (χ4n) is 1.71. The van der Waals surface area contributed by atoms with E-state index in [1.165, 1.54) is 6.42 Å². The van der Waals surface area contributed by atoms with Gasteiger partial charge in [-0.15, -0.1) is 0 Å².